The minimum atomic E-state index is -2.04. The molecule has 0 aromatic carbocycles. The smallest absolute Gasteiger partial charge is 0.303 e. The monoisotopic (exact) mass is 1210 g/mol. The van der Waals surface area contributed by atoms with E-state index in [2.05, 4.69) is 21.3 Å². The van der Waals surface area contributed by atoms with Crippen molar-refractivity contribution in [2.24, 2.45) is 0 Å². The summed E-state index contributed by atoms with van der Waals surface area (Å²) in [7, 11) is 3.03. The molecule has 17 N–H and O–H groups in total. The van der Waals surface area contributed by atoms with Gasteiger partial charge in [-0.1, -0.05) is 0 Å². The first-order chi connectivity index (χ1) is 39.1. The van der Waals surface area contributed by atoms with Crippen LogP contribution in [0.4, 0.5) is 0 Å². The quantitative estimate of drug-likeness (QED) is 0.0475. The van der Waals surface area contributed by atoms with Crippen LogP contribution in [0.2, 0.25) is 0 Å². The molecule has 35 heteroatoms. The molecule has 4 amide bonds. The lowest BCUT2D eigenvalue weighted by Crippen LogP contribution is -2.72. The van der Waals surface area contributed by atoms with Gasteiger partial charge in [-0.25, -0.2) is 0 Å². The molecule has 6 aliphatic heterocycles. The zero-order valence-electron chi connectivity index (χ0n) is 46.6. The third-order valence-corrected chi connectivity index (χ3v) is 14.8. The number of aliphatic hydroxyl groups is 13. The zero-order valence-corrected chi connectivity index (χ0v) is 46.6. The SMILES string of the molecule is CC(=O)N[C@H]1[C@H](O[C@H]2[C@H](O)[C@@H](NC(C)=O)[C@H](O[C@H]3[C@H](O)[C@@H](NC(C)=O)C(O)O[C@@H]3CO[C@@H]3O[C@@H](C)[C@@H](OC(C)=O)[C@@H](O)[C@@H]3O)O[C@@H]2CO)O[C@H](CO)[C@@H](O[C@@H]2O[C@H](CO)[C@@H](O[C@@H]3O[C@H](CO)[C@@H](O)[C@H](O)[C@H]3N(C)C)[C@H](O)[C@H]2NC(C)=O)[C@@H]1O. The van der Waals surface area contributed by atoms with E-state index in [1.165, 1.54) is 25.9 Å². The Bertz CT molecular complexity index is 2150. The topological polar surface area (TPSA) is 510 Å². The lowest BCUT2D eigenvalue weighted by atomic mass is 9.93. The van der Waals surface area contributed by atoms with E-state index < -0.39 is 247 Å². The van der Waals surface area contributed by atoms with Crippen molar-refractivity contribution in [2.45, 2.75) is 225 Å². The summed E-state index contributed by atoms with van der Waals surface area (Å²) in [5.41, 5.74) is 0. The van der Waals surface area contributed by atoms with Crippen molar-refractivity contribution in [1.82, 2.24) is 26.2 Å². The third-order valence-electron chi connectivity index (χ3n) is 14.8. The Morgan fingerprint density at radius 2 is 0.771 bits per heavy atom. The summed E-state index contributed by atoms with van der Waals surface area (Å²) in [6, 6.07) is -7.90. The lowest BCUT2D eigenvalue weighted by Gasteiger charge is -2.51. The number of esters is 1. The first-order valence-electron chi connectivity index (χ1n) is 26.7. The largest absolute Gasteiger partial charge is 0.457 e. The number of carbonyl (C=O) groups is 5. The van der Waals surface area contributed by atoms with E-state index in [4.69, 9.17) is 56.8 Å². The van der Waals surface area contributed by atoms with Crippen LogP contribution in [0.15, 0.2) is 0 Å². The molecule has 6 rings (SSSR count). The molecule has 0 saturated carbocycles. The minimum absolute atomic E-state index is 0.737. The molecule has 30 atom stereocenters. The van der Waals surface area contributed by atoms with Crippen molar-refractivity contribution < 1.29 is 147 Å². The highest BCUT2D eigenvalue weighted by Gasteiger charge is 2.58. The molecule has 0 aromatic heterocycles. The summed E-state index contributed by atoms with van der Waals surface area (Å²) < 4.78 is 70.8. The molecule has 0 radical (unpaired) electrons. The number of nitrogens with zero attached hydrogens (tertiary/aromatic N) is 1. The summed E-state index contributed by atoms with van der Waals surface area (Å²) in [5, 5.41) is 154. The van der Waals surface area contributed by atoms with Gasteiger partial charge in [0, 0.05) is 34.6 Å². The van der Waals surface area contributed by atoms with Gasteiger partial charge in [0.05, 0.1) is 45.2 Å². The molecular weight excluding hydrogens is 1130 g/mol. The number of hydrogen-bond acceptors (Lipinski definition) is 31. The van der Waals surface area contributed by atoms with E-state index in [1.807, 2.05) is 0 Å². The van der Waals surface area contributed by atoms with Gasteiger partial charge >= 0.3 is 5.97 Å². The van der Waals surface area contributed by atoms with Gasteiger partial charge in [0.1, 0.15) is 128 Å². The van der Waals surface area contributed by atoms with Gasteiger partial charge in [0.25, 0.3) is 0 Å². The predicted octanol–water partition coefficient (Wildman–Crippen LogP) is -11.4. The first-order valence-corrected chi connectivity index (χ1v) is 26.7. The fourth-order valence-corrected chi connectivity index (χ4v) is 10.9. The molecule has 6 aliphatic rings. The van der Waals surface area contributed by atoms with Gasteiger partial charge in [-0.05, 0) is 21.0 Å². The Morgan fingerprint density at radius 3 is 1.14 bits per heavy atom. The molecule has 6 heterocycles. The maximum absolute atomic E-state index is 12.8. The van der Waals surface area contributed by atoms with Crippen LogP contribution in [0.5, 0.6) is 0 Å². The van der Waals surface area contributed by atoms with Crippen molar-refractivity contribution in [1.29, 1.82) is 0 Å². The van der Waals surface area contributed by atoms with Crippen LogP contribution >= 0.6 is 0 Å². The fourth-order valence-electron chi connectivity index (χ4n) is 10.9. The molecule has 0 spiro atoms. The number of hydrogen-bond donors (Lipinski definition) is 17. The Kier molecular flexibility index (Phi) is 24.6. The molecule has 0 bridgehead atoms. The van der Waals surface area contributed by atoms with Gasteiger partial charge in [-0.2, -0.15) is 0 Å². The third kappa shape index (κ3) is 15.9. The second-order valence-electron chi connectivity index (χ2n) is 21.3. The van der Waals surface area contributed by atoms with E-state index in [0.29, 0.717) is 0 Å². The second-order valence-corrected chi connectivity index (χ2v) is 21.3. The molecule has 83 heavy (non-hydrogen) atoms. The Balaban J connectivity index is 1.23. The predicted molar refractivity (Wildman–Crippen MR) is 265 cm³/mol. The molecule has 6 saturated heterocycles. The fraction of sp³-hybridized carbons (Fsp3) is 0.896. The number of nitrogens with one attached hydrogen (secondary N) is 4. The van der Waals surface area contributed by atoms with Gasteiger partial charge in [-0.3, -0.25) is 28.9 Å². The van der Waals surface area contributed by atoms with E-state index >= 15 is 0 Å². The van der Waals surface area contributed by atoms with E-state index in [0.717, 1.165) is 34.6 Å². The van der Waals surface area contributed by atoms with Gasteiger partial charge in [0.2, 0.25) is 23.6 Å². The van der Waals surface area contributed by atoms with Crippen molar-refractivity contribution in [3.8, 4) is 0 Å². The van der Waals surface area contributed by atoms with Crippen LogP contribution in [0, 0.1) is 0 Å². The van der Waals surface area contributed by atoms with E-state index in [-0.39, 0.29) is 0 Å². The number of amides is 4. The van der Waals surface area contributed by atoms with Crippen LogP contribution in [0.25, 0.3) is 0 Å². The van der Waals surface area contributed by atoms with Crippen molar-refractivity contribution in [3.05, 3.63) is 0 Å². The summed E-state index contributed by atoms with van der Waals surface area (Å²) in [5.74, 6) is -3.95. The molecule has 1 unspecified atom stereocenters. The molecule has 478 valence electrons. The summed E-state index contributed by atoms with van der Waals surface area (Å²) >= 11 is 0. The van der Waals surface area contributed by atoms with Crippen LogP contribution in [-0.4, -0.2) is 332 Å². The van der Waals surface area contributed by atoms with Crippen LogP contribution in [0.3, 0.4) is 0 Å². The average Bonchev–Trinajstić information content (AvgIpc) is 3.57. The normalized spacial score (nSPS) is 45.0. The molecular formula is C48H81N5O30. The maximum atomic E-state index is 12.8. The Morgan fingerprint density at radius 1 is 0.410 bits per heavy atom. The second kappa shape index (κ2) is 29.8. The molecule has 35 nitrogen and oxygen atoms in total. The number of likely N-dealkylation sites (N-methyl/N-ethyl adjacent to an activating group) is 1. The van der Waals surface area contributed by atoms with Crippen LogP contribution in [-0.2, 0) is 80.8 Å². The first kappa shape index (κ1) is 68.5. The van der Waals surface area contributed by atoms with Crippen molar-refractivity contribution in [3.63, 3.8) is 0 Å². The van der Waals surface area contributed by atoms with Crippen molar-refractivity contribution in [2.75, 3.05) is 47.1 Å². The van der Waals surface area contributed by atoms with Crippen molar-refractivity contribution >= 4 is 29.6 Å². The van der Waals surface area contributed by atoms with Gasteiger partial charge in [-0.15, -0.1) is 0 Å². The van der Waals surface area contributed by atoms with E-state index in [9.17, 15) is 90.4 Å². The zero-order chi connectivity index (χ0) is 61.6. The molecule has 0 aromatic rings. The van der Waals surface area contributed by atoms with Crippen LogP contribution in [0.1, 0.15) is 41.5 Å². The van der Waals surface area contributed by atoms with Gasteiger partial charge in [0.15, 0.2) is 43.8 Å². The lowest BCUT2D eigenvalue weighted by molar-refractivity contribution is -0.369. The minimum Gasteiger partial charge on any atom is -0.457 e. The van der Waals surface area contributed by atoms with Crippen LogP contribution < -0.4 is 21.3 Å². The number of ether oxygens (including phenoxy) is 12. The molecule has 6 fully saturated rings. The highest BCUT2D eigenvalue weighted by molar-refractivity contribution is 5.74. The Hall–Kier alpha value is -3.65. The summed E-state index contributed by atoms with van der Waals surface area (Å²) in [6.07, 6.45) is -42.7. The highest BCUT2D eigenvalue weighted by Crippen LogP contribution is 2.37. The number of carbonyl (C=O) groups excluding carboxylic acids is 5. The average molecular weight is 1210 g/mol. The number of aliphatic hydroxyl groups excluding tert-OH is 13. The molecule has 0 aliphatic carbocycles. The summed E-state index contributed by atoms with van der Waals surface area (Å²) in [4.78, 5) is 63.6. The highest BCUT2D eigenvalue weighted by atomic mass is 16.8. The van der Waals surface area contributed by atoms with E-state index in [1.54, 1.807) is 0 Å². The standard InChI is InChI=1S/C48H81N5O30/c1-14-38(74-19(6)62)36(69)37(70)48(73-14)72-13-24-42(31(64)25(43(71)75-24)49-15(2)58)82-46-27(51-17(4)60)33(66)40(22(11-56)78-46)80-44-26(50-16(3)59)32(65)39(21(10-55)77-44)81-45-28(52-18(5)61)34(67)41(23(12-57)79-45)83-47-29(53(7)8)35(68)30(63)20(9-54)76-47/h14,20-48,54-57,63-71H,9-13H2,1-8H3,(H,49,58)(H,50,59)(H,51,60)(H,52,61)/t14-,20+,21+,22+,23+,24+,25+,26+,27+,28+,29+,30+,31+,32+,33+,34+,35+,36-,37-,38+,39+,40+,41+,42+,43?,44-,45-,46-,47-,48+/m0/s1. The number of rotatable bonds is 21. The summed E-state index contributed by atoms with van der Waals surface area (Å²) in [6.45, 7) is 2.23. The Labute approximate surface area is 474 Å². The maximum Gasteiger partial charge on any atom is 0.303 e. The van der Waals surface area contributed by atoms with Gasteiger partial charge < -0.3 is 144 Å².